The largest absolute Gasteiger partial charge is 0.384 e. The molecule has 3 rings (SSSR count). The van der Waals surface area contributed by atoms with Gasteiger partial charge in [0.2, 0.25) is 0 Å². The number of nitrogens with zero attached hydrogens (tertiary/aromatic N) is 4. The Kier molecular flexibility index (Phi) is 4.03. The topological polar surface area (TPSA) is 72.9 Å². The Hall–Kier alpha value is -2.44. The number of allylic oxidation sites excluding steroid dienone is 1. The van der Waals surface area contributed by atoms with Gasteiger partial charge in [-0.15, -0.1) is 6.58 Å². The quantitative estimate of drug-likeness (QED) is 0.583. The van der Waals surface area contributed by atoms with Crippen molar-refractivity contribution < 1.29 is 5.11 Å². The van der Waals surface area contributed by atoms with E-state index >= 15 is 0 Å². The molecule has 0 atom stereocenters. The average Bonchev–Trinajstić information content (AvgIpc) is 2.79. The Labute approximate surface area is 143 Å². The molecule has 1 N–H and O–H groups in total. The summed E-state index contributed by atoms with van der Waals surface area (Å²) in [6.45, 7) is 7.32. The van der Waals surface area contributed by atoms with Crippen LogP contribution in [0.1, 0.15) is 19.5 Å². The Morgan fingerprint density at radius 3 is 2.83 bits per heavy atom. The smallest absolute Gasteiger partial charge is 0.276 e. The lowest BCUT2D eigenvalue weighted by molar-refractivity contribution is 0.0738. The first-order valence-electron chi connectivity index (χ1n) is 7.41. The molecule has 0 aliphatic heterocycles. The van der Waals surface area contributed by atoms with Crippen LogP contribution in [0.4, 0.5) is 0 Å². The van der Waals surface area contributed by atoms with Gasteiger partial charge >= 0.3 is 0 Å². The number of hydrogen-bond acceptors (Lipinski definition) is 4. The van der Waals surface area contributed by atoms with Crippen LogP contribution < -0.4 is 5.56 Å². The van der Waals surface area contributed by atoms with E-state index in [0.29, 0.717) is 29.0 Å². The lowest BCUT2D eigenvalue weighted by atomic mass is 10.1. The van der Waals surface area contributed by atoms with Gasteiger partial charge in [0.05, 0.1) is 23.1 Å². The number of rotatable bonds is 4. The van der Waals surface area contributed by atoms with Gasteiger partial charge in [0.15, 0.2) is 5.82 Å². The number of fused-ring (bicyclic) bond motifs is 1. The van der Waals surface area contributed by atoms with Gasteiger partial charge in [0.1, 0.15) is 10.8 Å². The molecule has 0 saturated heterocycles. The molecule has 0 bridgehead atoms. The molecule has 0 spiro atoms. The molecule has 0 aliphatic rings. The minimum absolute atomic E-state index is 0.204. The minimum atomic E-state index is -1.10. The molecule has 3 heterocycles. The Morgan fingerprint density at radius 2 is 2.17 bits per heavy atom. The maximum Gasteiger partial charge on any atom is 0.276 e. The van der Waals surface area contributed by atoms with Crippen LogP contribution >= 0.6 is 11.6 Å². The maximum absolute atomic E-state index is 12.6. The van der Waals surface area contributed by atoms with E-state index in [2.05, 4.69) is 16.5 Å². The summed E-state index contributed by atoms with van der Waals surface area (Å²) in [5, 5.41) is 10.9. The number of hydrogen-bond donors (Lipinski definition) is 1. The van der Waals surface area contributed by atoms with E-state index in [1.165, 1.54) is 10.9 Å². The van der Waals surface area contributed by atoms with Crippen LogP contribution in [0.25, 0.3) is 16.7 Å². The van der Waals surface area contributed by atoms with Crippen LogP contribution in [0.15, 0.2) is 47.9 Å². The van der Waals surface area contributed by atoms with Gasteiger partial charge in [-0.05, 0) is 26.0 Å². The molecule has 0 saturated carbocycles. The van der Waals surface area contributed by atoms with Gasteiger partial charge in [-0.1, -0.05) is 23.7 Å². The summed E-state index contributed by atoms with van der Waals surface area (Å²) < 4.78 is 3.17. The molecule has 3 aromatic heterocycles. The molecule has 0 unspecified atom stereocenters. The molecule has 0 amide bonds. The zero-order valence-corrected chi connectivity index (χ0v) is 14.2. The predicted molar refractivity (Wildman–Crippen MR) is 93.6 cm³/mol. The lowest BCUT2D eigenvalue weighted by Crippen LogP contribution is -2.23. The van der Waals surface area contributed by atoms with E-state index in [4.69, 9.17) is 11.6 Å². The second kappa shape index (κ2) is 5.89. The molecule has 0 radical (unpaired) electrons. The molecule has 7 heteroatoms. The van der Waals surface area contributed by atoms with Gasteiger partial charge in [-0.2, -0.15) is 0 Å². The van der Waals surface area contributed by atoms with Crippen LogP contribution in [-0.2, 0) is 12.1 Å². The fraction of sp³-hybridized carbons (Fsp3) is 0.235. The lowest BCUT2D eigenvalue weighted by Gasteiger charge is -2.18. The second-order valence-electron chi connectivity index (χ2n) is 5.95. The second-order valence-corrected chi connectivity index (χ2v) is 6.34. The van der Waals surface area contributed by atoms with Crippen LogP contribution in [0.2, 0.25) is 5.15 Å². The van der Waals surface area contributed by atoms with Crippen molar-refractivity contribution in [1.82, 2.24) is 19.3 Å². The fourth-order valence-electron chi connectivity index (χ4n) is 2.54. The zero-order chi connectivity index (χ0) is 17.5. The monoisotopic (exact) mass is 344 g/mol. The minimum Gasteiger partial charge on any atom is -0.384 e. The highest BCUT2D eigenvalue weighted by Crippen LogP contribution is 2.22. The molecule has 3 aromatic rings. The maximum atomic E-state index is 12.6. The third-order valence-electron chi connectivity index (χ3n) is 3.66. The summed E-state index contributed by atoms with van der Waals surface area (Å²) in [4.78, 5) is 21.1. The Bertz CT molecular complexity index is 982. The third kappa shape index (κ3) is 2.74. The van der Waals surface area contributed by atoms with Crippen LogP contribution in [0.3, 0.4) is 0 Å². The molecular weight excluding hydrogens is 328 g/mol. The first kappa shape index (κ1) is 16.4. The molecule has 0 aliphatic carbocycles. The summed E-state index contributed by atoms with van der Waals surface area (Å²) in [6, 6.07) is 6.91. The van der Waals surface area contributed by atoms with Crippen molar-refractivity contribution in [3.8, 4) is 5.82 Å². The van der Waals surface area contributed by atoms with Gasteiger partial charge in [0.25, 0.3) is 5.56 Å². The van der Waals surface area contributed by atoms with E-state index in [1.807, 2.05) is 0 Å². The summed E-state index contributed by atoms with van der Waals surface area (Å²) >= 11 is 6.00. The number of aromatic nitrogens is 4. The highest BCUT2D eigenvalue weighted by atomic mass is 35.5. The van der Waals surface area contributed by atoms with Crippen molar-refractivity contribution >= 4 is 22.5 Å². The van der Waals surface area contributed by atoms with E-state index < -0.39 is 5.60 Å². The fourth-order valence-corrected chi connectivity index (χ4v) is 2.69. The van der Waals surface area contributed by atoms with Gasteiger partial charge < -0.3 is 5.11 Å². The van der Waals surface area contributed by atoms with Crippen molar-refractivity contribution in [2.24, 2.45) is 0 Å². The van der Waals surface area contributed by atoms with Crippen molar-refractivity contribution in [2.45, 2.75) is 26.0 Å². The third-order valence-corrected chi connectivity index (χ3v) is 3.87. The number of aliphatic hydroxyl groups is 1. The normalized spacial score (nSPS) is 11.8. The standard InChI is InChI=1S/C17H17ClN4O2/c1-4-8-21-16(23)11-10-19-14(18)9-12(11)22(21)15-7-5-6-13(20-15)17(2,3)24/h4-7,9-10,24H,1,8H2,2-3H3. The Balaban J connectivity index is 2.36. The van der Waals surface area contributed by atoms with Crippen LogP contribution in [0.5, 0.6) is 0 Å². The first-order valence-corrected chi connectivity index (χ1v) is 7.79. The van der Waals surface area contributed by atoms with Gasteiger partial charge in [0, 0.05) is 12.3 Å². The summed E-state index contributed by atoms with van der Waals surface area (Å²) in [5.74, 6) is 0.505. The highest BCUT2D eigenvalue weighted by molar-refractivity contribution is 6.30. The van der Waals surface area contributed by atoms with E-state index in [0.717, 1.165) is 0 Å². The molecular formula is C17H17ClN4O2. The average molecular weight is 345 g/mol. The number of halogens is 1. The van der Waals surface area contributed by atoms with Crippen molar-refractivity contribution in [3.05, 3.63) is 64.3 Å². The van der Waals surface area contributed by atoms with Crippen molar-refractivity contribution in [2.75, 3.05) is 0 Å². The predicted octanol–water partition coefficient (Wildman–Crippen LogP) is 2.65. The van der Waals surface area contributed by atoms with Crippen LogP contribution in [-0.4, -0.2) is 24.4 Å². The summed E-state index contributed by atoms with van der Waals surface area (Å²) in [6.07, 6.45) is 3.08. The molecule has 6 nitrogen and oxygen atoms in total. The van der Waals surface area contributed by atoms with Gasteiger partial charge in [-0.3, -0.25) is 4.79 Å². The van der Waals surface area contributed by atoms with Crippen molar-refractivity contribution in [3.63, 3.8) is 0 Å². The van der Waals surface area contributed by atoms with Gasteiger partial charge in [-0.25, -0.2) is 19.3 Å². The summed E-state index contributed by atoms with van der Waals surface area (Å²) in [5.41, 5.74) is -0.201. The molecule has 124 valence electrons. The molecule has 0 aromatic carbocycles. The van der Waals surface area contributed by atoms with E-state index in [9.17, 15) is 9.90 Å². The number of pyridine rings is 2. The first-order chi connectivity index (χ1) is 11.3. The van der Waals surface area contributed by atoms with Crippen molar-refractivity contribution in [1.29, 1.82) is 0 Å². The zero-order valence-electron chi connectivity index (χ0n) is 13.4. The Morgan fingerprint density at radius 1 is 1.42 bits per heavy atom. The summed E-state index contributed by atoms with van der Waals surface area (Å²) in [7, 11) is 0. The highest BCUT2D eigenvalue weighted by Gasteiger charge is 2.20. The molecule has 24 heavy (non-hydrogen) atoms. The SMILES string of the molecule is C=CCn1c(=O)c2cnc(Cl)cc2n1-c1cccc(C(C)(C)O)n1. The molecule has 0 fully saturated rings. The van der Waals surface area contributed by atoms with Crippen LogP contribution in [0, 0.1) is 0 Å². The van der Waals surface area contributed by atoms with E-state index in [-0.39, 0.29) is 10.7 Å². The van der Waals surface area contributed by atoms with E-state index in [1.54, 1.807) is 48.9 Å².